The van der Waals surface area contributed by atoms with Crippen molar-refractivity contribution in [1.29, 1.82) is 0 Å². The second-order valence-corrected chi connectivity index (χ2v) is 6.20. The molecule has 5 nitrogen and oxygen atoms in total. The van der Waals surface area contributed by atoms with Crippen LogP contribution in [0.2, 0.25) is 0 Å². The number of ether oxygens (including phenoxy) is 1. The van der Waals surface area contributed by atoms with Crippen LogP contribution in [-0.4, -0.2) is 22.0 Å². The standard InChI is InChI=1S/C20H21N3O2/c1-13(2)25-20(24)18-19(21-12-15-10-8-14(3)9-11-15)23-17-7-5-4-6-16(17)22-18/h4-11,13H,12H2,1-3H3,(H,21,23). The number of hydrogen-bond acceptors (Lipinski definition) is 5. The largest absolute Gasteiger partial charge is 0.458 e. The molecule has 0 fully saturated rings. The first-order valence-corrected chi connectivity index (χ1v) is 8.30. The number of esters is 1. The number of para-hydroxylation sites is 2. The topological polar surface area (TPSA) is 64.1 Å². The number of aryl methyl sites for hydroxylation is 1. The number of benzene rings is 2. The lowest BCUT2D eigenvalue weighted by molar-refractivity contribution is 0.0372. The Balaban J connectivity index is 1.93. The van der Waals surface area contributed by atoms with Crippen LogP contribution in [0.3, 0.4) is 0 Å². The molecule has 0 spiro atoms. The zero-order valence-electron chi connectivity index (χ0n) is 14.6. The lowest BCUT2D eigenvalue weighted by atomic mass is 10.1. The molecule has 3 rings (SSSR count). The summed E-state index contributed by atoms with van der Waals surface area (Å²) >= 11 is 0. The maximum absolute atomic E-state index is 12.4. The summed E-state index contributed by atoms with van der Waals surface area (Å²) in [6, 6.07) is 15.7. The predicted molar refractivity (Wildman–Crippen MR) is 98.6 cm³/mol. The molecule has 0 bridgehead atoms. The second kappa shape index (κ2) is 7.30. The second-order valence-electron chi connectivity index (χ2n) is 6.20. The highest BCUT2D eigenvalue weighted by atomic mass is 16.5. The third-order valence-corrected chi connectivity index (χ3v) is 3.69. The summed E-state index contributed by atoms with van der Waals surface area (Å²) in [5.41, 5.74) is 3.91. The van der Waals surface area contributed by atoms with Gasteiger partial charge in [0.25, 0.3) is 0 Å². The van der Waals surface area contributed by atoms with E-state index in [0.717, 1.165) is 11.1 Å². The van der Waals surface area contributed by atoms with Gasteiger partial charge < -0.3 is 10.1 Å². The maximum atomic E-state index is 12.4. The molecule has 25 heavy (non-hydrogen) atoms. The van der Waals surface area contributed by atoms with Crippen molar-refractivity contribution in [2.24, 2.45) is 0 Å². The number of nitrogens with one attached hydrogen (secondary N) is 1. The normalized spacial score (nSPS) is 10.9. The molecule has 3 aromatic rings. The average molecular weight is 335 g/mol. The maximum Gasteiger partial charge on any atom is 0.361 e. The van der Waals surface area contributed by atoms with Gasteiger partial charge in [0.1, 0.15) is 0 Å². The van der Waals surface area contributed by atoms with Crippen molar-refractivity contribution in [3.05, 3.63) is 65.4 Å². The van der Waals surface area contributed by atoms with Crippen LogP contribution in [0.5, 0.6) is 0 Å². The van der Waals surface area contributed by atoms with Crippen LogP contribution in [0.25, 0.3) is 11.0 Å². The molecule has 0 unspecified atom stereocenters. The Kier molecular flexibility index (Phi) is 4.93. The molecule has 1 N–H and O–H groups in total. The molecule has 0 saturated heterocycles. The number of aromatic nitrogens is 2. The smallest absolute Gasteiger partial charge is 0.361 e. The number of nitrogens with zero attached hydrogens (tertiary/aromatic N) is 2. The van der Waals surface area contributed by atoms with Crippen LogP contribution in [0, 0.1) is 6.92 Å². The van der Waals surface area contributed by atoms with Crippen LogP contribution >= 0.6 is 0 Å². The monoisotopic (exact) mass is 335 g/mol. The summed E-state index contributed by atoms with van der Waals surface area (Å²) in [4.78, 5) is 21.4. The Hall–Kier alpha value is -2.95. The Morgan fingerprint density at radius 2 is 1.68 bits per heavy atom. The summed E-state index contributed by atoms with van der Waals surface area (Å²) in [5, 5.41) is 3.22. The van der Waals surface area contributed by atoms with Crippen LogP contribution in [-0.2, 0) is 11.3 Å². The van der Waals surface area contributed by atoms with Crippen molar-refractivity contribution >= 4 is 22.8 Å². The first-order chi connectivity index (χ1) is 12.0. The minimum Gasteiger partial charge on any atom is -0.458 e. The fourth-order valence-electron chi connectivity index (χ4n) is 2.43. The van der Waals surface area contributed by atoms with Gasteiger partial charge in [0.2, 0.25) is 0 Å². The molecule has 0 atom stereocenters. The zero-order valence-corrected chi connectivity index (χ0v) is 14.6. The molecule has 0 radical (unpaired) electrons. The van der Waals surface area contributed by atoms with Crippen molar-refractivity contribution in [1.82, 2.24) is 9.97 Å². The first-order valence-electron chi connectivity index (χ1n) is 8.30. The Morgan fingerprint density at radius 3 is 2.32 bits per heavy atom. The van der Waals surface area contributed by atoms with E-state index in [1.807, 2.05) is 57.2 Å². The van der Waals surface area contributed by atoms with Gasteiger partial charge in [-0.25, -0.2) is 14.8 Å². The van der Waals surface area contributed by atoms with E-state index < -0.39 is 5.97 Å². The minimum absolute atomic E-state index is 0.208. The molecule has 0 aliphatic heterocycles. The summed E-state index contributed by atoms with van der Waals surface area (Å²) in [6.07, 6.45) is -0.217. The van der Waals surface area contributed by atoms with E-state index >= 15 is 0 Å². The summed E-state index contributed by atoms with van der Waals surface area (Å²) in [7, 11) is 0. The van der Waals surface area contributed by atoms with Crippen LogP contribution in [0.4, 0.5) is 5.82 Å². The van der Waals surface area contributed by atoms with Crippen molar-refractivity contribution in [2.45, 2.75) is 33.4 Å². The highest BCUT2D eigenvalue weighted by Gasteiger charge is 2.19. The van der Waals surface area contributed by atoms with Gasteiger partial charge >= 0.3 is 5.97 Å². The summed E-state index contributed by atoms with van der Waals surface area (Å²) in [6.45, 7) is 6.22. The molecule has 0 aliphatic carbocycles. The lowest BCUT2D eigenvalue weighted by Gasteiger charge is -2.13. The quantitative estimate of drug-likeness (QED) is 0.711. The van der Waals surface area contributed by atoms with Gasteiger partial charge in [-0.15, -0.1) is 0 Å². The number of carbonyl (C=O) groups is 1. The fraction of sp³-hybridized carbons (Fsp3) is 0.250. The number of fused-ring (bicyclic) bond motifs is 1. The molecule has 1 heterocycles. The van der Waals surface area contributed by atoms with E-state index in [0.29, 0.717) is 17.9 Å². The summed E-state index contributed by atoms with van der Waals surface area (Å²) < 4.78 is 5.31. The number of hydrogen-bond donors (Lipinski definition) is 1. The third-order valence-electron chi connectivity index (χ3n) is 3.69. The molecule has 0 saturated carbocycles. The van der Waals surface area contributed by atoms with Crippen LogP contribution in [0.1, 0.15) is 35.5 Å². The summed E-state index contributed by atoms with van der Waals surface area (Å²) in [5.74, 6) is -0.0374. The molecule has 0 aliphatic rings. The third kappa shape index (κ3) is 4.12. The molecule has 128 valence electrons. The highest BCUT2D eigenvalue weighted by molar-refractivity contribution is 5.95. The molecular formula is C20H21N3O2. The predicted octanol–water partition coefficient (Wildman–Crippen LogP) is 4.12. The average Bonchev–Trinajstić information content (AvgIpc) is 2.60. The van der Waals surface area contributed by atoms with Gasteiger partial charge in [-0.2, -0.15) is 0 Å². The fourth-order valence-corrected chi connectivity index (χ4v) is 2.43. The van der Waals surface area contributed by atoms with Crippen LogP contribution in [0.15, 0.2) is 48.5 Å². The van der Waals surface area contributed by atoms with E-state index in [-0.39, 0.29) is 11.8 Å². The first kappa shape index (κ1) is 16.9. The molecule has 2 aromatic carbocycles. The SMILES string of the molecule is Cc1ccc(CNc2nc3ccccc3nc2C(=O)OC(C)C)cc1. The highest BCUT2D eigenvalue weighted by Crippen LogP contribution is 2.19. The van der Waals surface area contributed by atoms with E-state index in [9.17, 15) is 4.79 Å². The number of carbonyl (C=O) groups excluding carboxylic acids is 1. The van der Waals surface area contributed by atoms with Crippen molar-refractivity contribution < 1.29 is 9.53 Å². The van der Waals surface area contributed by atoms with E-state index in [4.69, 9.17) is 4.74 Å². The van der Waals surface area contributed by atoms with Gasteiger partial charge in [0.15, 0.2) is 11.5 Å². The van der Waals surface area contributed by atoms with Crippen molar-refractivity contribution in [3.8, 4) is 0 Å². The van der Waals surface area contributed by atoms with Crippen LogP contribution < -0.4 is 5.32 Å². The van der Waals surface area contributed by atoms with Gasteiger partial charge in [-0.05, 0) is 38.5 Å². The Labute approximate surface area is 147 Å². The molecule has 5 heteroatoms. The number of anilines is 1. The van der Waals surface area contributed by atoms with E-state index in [1.165, 1.54) is 5.56 Å². The molecule has 0 amide bonds. The van der Waals surface area contributed by atoms with Gasteiger partial charge in [0.05, 0.1) is 17.1 Å². The van der Waals surface area contributed by atoms with Gasteiger partial charge in [0, 0.05) is 6.54 Å². The van der Waals surface area contributed by atoms with Gasteiger partial charge in [-0.1, -0.05) is 42.0 Å². The molecule has 1 aromatic heterocycles. The Morgan fingerprint density at radius 1 is 1.04 bits per heavy atom. The molecular weight excluding hydrogens is 314 g/mol. The Bertz CT molecular complexity index is 889. The van der Waals surface area contributed by atoms with Gasteiger partial charge in [-0.3, -0.25) is 0 Å². The lowest BCUT2D eigenvalue weighted by Crippen LogP contribution is -2.17. The van der Waals surface area contributed by atoms with E-state index in [1.54, 1.807) is 0 Å². The van der Waals surface area contributed by atoms with E-state index in [2.05, 4.69) is 27.4 Å². The minimum atomic E-state index is -0.473. The zero-order chi connectivity index (χ0) is 17.8. The number of rotatable bonds is 5. The van der Waals surface area contributed by atoms with Crippen molar-refractivity contribution in [2.75, 3.05) is 5.32 Å². The van der Waals surface area contributed by atoms with Crippen molar-refractivity contribution in [3.63, 3.8) is 0 Å².